The Morgan fingerprint density at radius 2 is 2.05 bits per heavy atom. The molecule has 0 saturated heterocycles. The molecule has 20 heavy (non-hydrogen) atoms. The second-order valence-electron chi connectivity index (χ2n) is 6.20. The van der Waals surface area contributed by atoms with Crippen LogP contribution in [0.4, 0.5) is 0 Å². The van der Waals surface area contributed by atoms with Gasteiger partial charge >= 0.3 is 0 Å². The van der Waals surface area contributed by atoms with Crippen LogP contribution in [0.3, 0.4) is 0 Å². The largest absolute Gasteiger partial charge is 0.389 e. The lowest BCUT2D eigenvalue weighted by Crippen LogP contribution is -2.31. The van der Waals surface area contributed by atoms with Crippen molar-refractivity contribution < 1.29 is 5.11 Å². The maximum absolute atomic E-state index is 9.95. The van der Waals surface area contributed by atoms with Gasteiger partial charge in [-0.05, 0) is 43.4 Å². The molecule has 0 saturated carbocycles. The third kappa shape index (κ3) is 6.11. The number of nitrogens with zero attached hydrogens (tertiary/aromatic N) is 1. The Labute approximate surface area is 129 Å². The summed E-state index contributed by atoms with van der Waals surface area (Å²) in [6, 6.07) is 2.08. The van der Waals surface area contributed by atoms with Gasteiger partial charge in [0.1, 0.15) is 0 Å². The van der Waals surface area contributed by atoms with E-state index >= 15 is 0 Å². The summed E-state index contributed by atoms with van der Waals surface area (Å²) in [5.74, 6) is 1.48. The highest BCUT2D eigenvalue weighted by atomic mass is 35.5. The van der Waals surface area contributed by atoms with Crippen LogP contribution in [0.25, 0.3) is 0 Å². The van der Waals surface area contributed by atoms with Gasteiger partial charge in [-0.3, -0.25) is 0 Å². The molecule has 114 valence electrons. The standard InChI is InChI=1S/C17H28ClNO/c1-13(2)15(8-11-18)17(5,9-6-12-19)10-7-16(20)14(3)4/h6,9,13,15-16,20H,3,7-8,10-11H2,1-2,4-5H3/b9-6+/t15-,16?,17-/m1/s1. The summed E-state index contributed by atoms with van der Waals surface area (Å²) < 4.78 is 0. The van der Waals surface area contributed by atoms with E-state index in [0.717, 1.165) is 18.4 Å². The predicted molar refractivity (Wildman–Crippen MR) is 86.6 cm³/mol. The zero-order chi connectivity index (χ0) is 15.8. The van der Waals surface area contributed by atoms with Crippen LogP contribution in [0, 0.1) is 28.6 Å². The van der Waals surface area contributed by atoms with E-state index < -0.39 is 6.10 Å². The third-order valence-corrected chi connectivity index (χ3v) is 4.35. The van der Waals surface area contributed by atoms with Crippen LogP contribution in [0.15, 0.2) is 24.3 Å². The molecule has 0 aromatic heterocycles. The van der Waals surface area contributed by atoms with Gasteiger partial charge in [0.2, 0.25) is 0 Å². The molecule has 2 nitrogen and oxygen atoms in total. The van der Waals surface area contributed by atoms with Crippen LogP contribution in [-0.2, 0) is 0 Å². The first-order valence-electron chi connectivity index (χ1n) is 7.25. The van der Waals surface area contributed by atoms with E-state index in [1.807, 2.05) is 13.0 Å². The summed E-state index contributed by atoms with van der Waals surface area (Å²) in [6.45, 7) is 12.2. The fourth-order valence-corrected chi connectivity index (χ4v) is 3.09. The lowest BCUT2D eigenvalue weighted by Gasteiger charge is -2.38. The molecule has 1 N–H and O–H groups in total. The number of aliphatic hydroxyl groups excluding tert-OH is 1. The molecule has 0 heterocycles. The maximum atomic E-state index is 9.95. The van der Waals surface area contributed by atoms with Crippen molar-refractivity contribution in [2.75, 3.05) is 5.88 Å². The maximum Gasteiger partial charge on any atom is 0.0908 e. The monoisotopic (exact) mass is 297 g/mol. The molecule has 0 aromatic carbocycles. The van der Waals surface area contributed by atoms with Crippen LogP contribution < -0.4 is 0 Å². The fraction of sp³-hybridized carbons (Fsp3) is 0.706. The molecule has 0 bridgehead atoms. The summed E-state index contributed by atoms with van der Waals surface area (Å²) >= 11 is 5.94. The summed E-state index contributed by atoms with van der Waals surface area (Å²) in [4.78, 5) is 0. The van der Waals surface area contributed by atoms with Gasteiger partial charge in [0.15, 0.2) is 0 Å². The first-order valence-corrected chi connectivity index (χ1v) is 7.78. The Morgan fingerprint density at radius 3 is 2.45 bits per heavy atom. The molecule has 3 heteroatoms. The summed E-state index contributed by atoms with van der Waals surface area (Å²) in [5.41, 5.74) is 0.657. The molecule has 0 aliphatic heterocycles. The van der Waals surface area contributed by atoms with Crippen molar-refractivity contribution in [2.24, 2.45) is 17.3 Å². The Hall–Kier alpha value is -0.780. The SMILES string of the molecule is C=C(C)C(O)CC[C@@](C)(/C=C/C#N)[C@H](CCCl)C(C)C. The van der Waals surface area contributed by atoms with Crippen molar-refractivity contribution in [1.82, 2.24) is 0 Å². The molecule has 0 rings (SSSR count). The summed E-state index contributed by atoms with van der Waals surface area (Å²) in [7, 11) is 0. The van der Waals surface area contributed by atoms with Crippen LogP contribution in [0.1, 0.15) is 47.0 Å². The van der Waals surface area contributed by atoms with E-state index in [2.05, 4.69) is 33.4 Å². The van der Waals surface area contributed by atoms with Crippen molar-refractivity contribution in [3.63, 3.8) is 0 Å². The average Bonchev–Trinajstić information content (AvgIpc) is 2.39. The molecule has 0 aliphatic carbocycles. The number of hydrogen-bond donors (Lipinski definition) is 1. The Bertz CT molecular complexity index is 370. The first-order chi connectivity index (χ1) is 9.28. The zero-order valence-electron chi connectivity index (χ0n) is 13.2. The van der Waals surface area contributed by atoms with Gasteiger partial charge in [-0.25, -0.2) is 0 Å². The minimum absolute atomic E-state index is 0.130. The van der Waals surface area contributed by atoms with Gasteiger partial charge in [-0.1, -0.05) is 39.0 Å². The van der Waals surface area contributed by atoms with Crippen molar-refractivity contribution in [2.45, 2.75) is 53.1 Å². The minimum Gasteiger partial charge on any atom is -0.389 e. The quantitative estimate of drug-likeness (QED) is 0.381. The highest BCUT2D eigenvalue weighted by Crippen LogP contribution is 2.41. The number of alkyl halides is 1. The van der Waals surface area contributed by atoms with Crippen molar-refractivity contribution in [3.8, 4) is 6.07 Å². The van der Waals surface area contributed by atoms with Crippen LogP contribution in [0.2, 0.25) is 0 Å². The molecular weight excluding hydrogens is 270 g/mol. The third-order valence-electron chi connectivity index (χ3n) is 4.14. The minimum atomic E-state index is -0.478. The normalized spacial score (nSPS) is 17.7. The van der Waals surface area contributed by atoms with Crippen molar-refractivity contribution >= 4 is 11.6 Å². The molecule has 1 unspecified atom stereocenters. The van der Waals surface area contributed by atoms with E-state index in [4.69, 9.17) is 16.9 Å². The van der Waals surface area contributed by atoms with Crippen molar-refractivity contribution in [1.29, 1.82) is 5.26 Å². The smallest absolute Gasteiger partial charge is 0.0908 e. The second-order valence-corrected chi connectivity index (χ2v) is 6.58. The number of allylic oxidation sites excluding steroid dienone is 2. The van der Waals surface area contributed by atoms with Gasteiger partial charge in [0.05, 0.1) is 12.2 Å². The van der Waals surface area contributed by atoms with Gasteiger partial charge in [-0.15, -0.1) is 11.6 Å². The van der Waals surface area contributed by atoms with Gasteiger partial charge in [-0.2, -0.15) is 5.26 Å². The molecule has 0 amide bonds. The Balaban J connectivity index is 5.11. The number of nitriles is 1. The number of hydrogen-bond acceptors (Lipinski definition) is 2. The van der Waals surface area contributed by atoms with E-state index in [1.165, 1.54) is 0 Å². The molecule has 3 atom stereocenters. The Kier molecular flexibility index (Phi) is 8.85. The summed E-state index contributed by atoms with van der Waals surface area (Å²) in [6.07, 6.45) is 5.45. The van der Waals surface area contributed by atoms with E-state index in [9.17, 15) is 5.11 Å². The molecule has 0 spiro atoms. The second kappa shape index (κ2) is 9.21. The average molecular weight is 298 g/mol. The van der Waals surface area contributed by atoms with E-state index in [0.29, 0.717) is 24.1 Å². The zero-order valence-corrected chi connectivity index (χ0v) is 14.0. The van der Waals surface area contributed by atoms with Crippen molar-refractivity contribution in [3.05, 3.63) is 24.3 Å². The van der Waals surface area contributed by atoms with Gasteiger partial charge in [0.25, 0.3) is 0 Å². The first kappa shape index (κ1) is 19.2. The molecule has 0 radical (unpaired) electrons. The lowest BCUT2D eigenvalue weighted by molar-refractivity contribution is 0.131. The molecule has 0 aliphatic rings. The summed E-state index contributed by atoms with van der Waals surface area (Å²) in [5, 5.41) is 18.8. The van der Waals surface area contributed by atoms with Crippen LogP contribution >= 0.6 is 11.6 Å². The number of rotatable bonds is 9. The topological polar surface area (TPSA) is 44.0 Å². The van der Waals surface area contributed by atoms with E-state index in [1.54, 1.807) is 6.08 Å². The number of aliphatic hydroxyl groups is 1. The molecule has 0 fully saturated rings. The van der Waals surface area contributed by atoms with Gasteiger partial charge < -0.3 is 5.11 Å². The fourth-order valence-electron chi connectivity index (χ4n) is 2.86. The van der Waals surface area contributed by atoms with Crippen LogP contribution in [-0.4, -0.2) is 17.1 Å². The highest BCUT2D eigenvalue weighted by Gasteiger charge is 2.33. The molecule has 0 aromatic rings. The predicted octanol–water partition coefficient (Wildman–Crippen LogP) is 4.69. The Morgan fingerprint density at radius 1 is 1.45 bits per heavy atom. The van der Waals surface area contributed by atoms with Gasteiger partial charge in [0, 0.05) is 12.0 Å². The lowest BCUT2D eigenvalue weighted by atomic mass is 9.67. The number of halogens is 1. The van der Waals surface area contributed by atoms with Crippen LogP contribution in [0.5, 0.6) is 0 Å². The van der Waals surface area contributed by atoms with E-state index in [-0.39, 0.29) is 5.41 Å². The highest BCUT2D eigenvalue weighted by molar-refractivity contribution is 6.17. The molecular formula is C17H28ClNO.